The van der Waals surface area contributed by atoms with Crippen LogP contribution in [0.4, 0.5) is 11.5 Å². The maximum atomic E-state index is 5.94. The molecule has 100 valence electrons. The zero-order valence-electron chi connectivity index (χ0n) is 11.2. The predicted molar refractivity (Wildman–Crippen MR) is 78.1 cm³/mol. The number of pyridine rings is 1. The van der Waals surface area contributed by atoms with Crippen LogP contribution in [0, 0.1) is 5.41 Å². The molecule has 1 saturated carbocycles. The lowest BCUT2D eigenvalue weighted by Crippen LogP contribution is -2.35. The summed E-state index contributed by atoms with van der Waals surface area (Å²) in [6.45, 7) is 6.13. The van der Waals surface area contributed by atoms with Crippen molar-refractivity contribution in [2.45, 2.75) is 39.5 Å². The fourth-order valence-electron chi connectivity index (χ4n) is 2.56. The molecule has 18 heavy (non-hydrogen) atoms. The molecule has 3 nitrogen and oxygen atoms in total. The van der Waals surface area contributed by atoms with Gasteiger partial charge in [-0.1, -0.05) is 25.4 Å². The van der Waals surface area contributed by atoms with Gasteiger partial charge in [0.15, 0.2) is 5.82 Å². The van der Waals surface area contributed by atoms with Crippen molar-refractivity contribution in [3.63, 3.8) is 0 Å². The first-order valence-corrected chi connectivity index (χ1v) is 7.23. The maximum absolute atomic E-state index is 5.94. The van der Waals surface area contributed by atoms with Gasteiger partial charge in [-0.3, -0.25) is 0 Å². The van der Waals surface area contributed by atoms with Crippen molar-refractivity contribution in [3.05, 3.63) is 17.3 Å². The van der Waals surface area contributed by atoms with E-state index in [0.29, 0.717) is 10.6 Å². The van der Waals surface area contributed by atoms with Crippen molar-refractivity contribution in [2.75, 3.05) is 23.7 Å². The first-order valence-electron chi connectivity index (χ1n) is 6.86. The Balaban J connectivity index is 0.000000574. The highest BCUT2D eigenvalue weighted by atomic mass is 35.5. The van der Waals surface area contributed by atoms with E-state index >= 15 is 0 Å². The van der Waals surface area contributed by atoms with Crippen LogP contribution in [0.25, 0.3) is 0 Å². The Hall–Kier alpha value is -0.960. The van der Waals surface area contributed by atoms with Gasteiger partial charge in [0.1, 0.15) is 5.15 Å². The zero-order chi connectivity index (χ0) is 13.2. The summed E-state index contributed by atoms with van der Waals surface area (Å²) in [5.74, 6) is 0.864. The number of hydrogen-bond donors (Lipinski definition) is 1. The topological polar surface area (TPSA) is 42.1 Å². The van der Waals surface area contributed by atoms with E-state index in [4.69, 9.17) is 17.3 Å². The monoisotopic (exact) mass is 267 g/mol. The van der Waals surface area contributed by atoms with Gasteiger partial charge in [0.2, 0.25) is 0 Å². The molecule has 2 fully saturated rings. The Labute approximate surface area is 114 Å². The first-order chi connectivity index (χ1) is 8.69. The van der Waals surface area contributed by atoms with Crippen molar-refractivity contribution in [1.82, 2.24) is 4.98 Å². The number of halogens is 1. The summed E-state index contributed by atoms with van der Waals surface area (Å²) < 4.78 is 0. The van der Waals surface area contributed by atoms with Crippen LogP contribution in [0.5, 0.6) is 0 Å². The molecule has 0 aromatic carbocycles. The van der Waals surface area contributed by atoms with E-state index < -0.39 is 0 Å². The molecule has 0 radical (unpaired) electrons. The zero-order valence-corrected chi connectivity index (χ0v) is 12.0. The van der Waals surface area contributed by atoms with E-state index in [0.717, 1.165) is 24.6 Å². The van der Waals surface area contributed by atoms with Crippen molar-refractivity contribution in [3.8, 4) is 0 Å². The standard InChI is InChI=1S/C12H16ClN3.C2H6/c13-10-2-1-9(14)11(15-10)16-7-5-12(3-4-12)6-8-16;1-2/h1-2H,3-8,14H2;1-2H3. The number of nitrogens with zero attached hydrogens (tertiary/aromatic N) is 2. The summed E-state index contributed by atoms with van der Waals surface area (Å²) in [4.78, 5) is 6.60. The van der Waals surface area contributed by atoms with Gasteiger partial charge in [-0.2, -0.15) is 0 Å². The number of nitrogens with two attached hydrogens (primary N) is 1. The molecule has 0 unspecified atom stereocenters. The Bertz CT molecular complexity index is 406. The Morgan fingerprint density at radius 2 is 1.78 bits per heavy atom. The van der Waals surface area contributed by atoms with E-state index in [1.54, 1.807) is 6.07 Å². The number of piperidine rings is 1. The highest BCUT2D eigenvalue weighted by Crippen LogP contribution is 2.54. The predicted octanol–water partition coefficient (Wildman–Crippen LogP) is 3.72. The van der Waals surface area contributed by atoms with E-state index in [1.165, 1.54) is 25.7 Å². The minimum atomic E-state index is 0.524. The van der Waals surface area contributed by atoms with Crippen LogP contribution in [-0.4, -0.2) is 18.1 Å². The average Bonchev–Trinajstić information content (AvgIpc) is 3.16. The molecule has 3 rings (SSSR count). The normalized spacial score (nSPS) is 20.3. The summed E-state index contributed by atoms with van der Waals surface area (Å²) >= 11 is 5.91. The molecule has 1 spiro atoms. The molecule has 1 aromatic rings. The molecule has 2 N–H and O–H groups in total. The summed E-state index contributed by atoms with van der Waals surface area (Å²) in [5.41, 5.74) is 7.36. The minimum absolute atomic E-state index is 0.524. The number of anilines is 2. The van der Waals surface area contributed by atoms with Gasteiger partial charge in [-0.05, 0) is 43.2 Å². The average molecular weight is 268 g/mol. The van der Waals surface area contributed by atoms with Crippen LogP contribution in [0.15, 0.2) is 12.1 Å². The molecule has 2 heterocycles. The molecule has 1 aliphatic heterocycles. The van der Waals surface area contributed by atoms with Crippen LogP contribution < -0.4 is 10.6 Å². The second-order valence-corrected chi connectivity index (χ2v) is 5.42. The van der Waals surface area contributed by atoms with Gasteiger partial charge in [-0.25, -0.2) is 4.98 Å². The van der Waals surface area contributed by atoms with Crippen LogP contribution in [-0.2, 0) is 0 Å². The lowest BCUT2D eigenvalue weighted by Gasteiger charge is -2.33. The van der Waals surface area contributed by atoms with Crippen molar-refractivity contribution in [2.24, 2.45) is 5.41 Å². The van der Waals surface area contributed by atoms with E-state index in [2.05, 4.69) is 9.88 Å². The van der Waals surface area contributed by atoms with E-state index in [9.17, 15) is 0 Å². The highest BCUT2D eigenvalue weighted by molar-refractivity contribution is 6.29. The maximum Gasteiger partial charge on any atom is 0.153 e. The van der Waals surface area contributed by atoms with Gasteiger partial charge in [-0.15, -0.1) is 0 Å². The summed E-state index contributed by atoms with van der Waals surface area (Å²) in [6, 6.07) is 3.58. The second-order valence-electron chi connectivity index (χ2n) is 5.03. The minimum Gasteiger partial charge on any atom is -0.396 e. The first kappa shape index (κ1) is 13.5. The summed E-state index contributed by atoms with van der Waals surface area (Å²) in [5, 5.41) is 0.524. The molecule has 0 atom stereocenters. The van der Waals surface area contributed by atoms with Gasteiger partial charge >= 0.3 is 0 Å². The smallest absolute Gasteiger partial charge is 0.153 e. The van der Waals surface area contributed by atoms with Gasteiger partial charge < -0.3 is 10.6 Å². The number of hydrogen-bond acceptors (Lipinski definition) is 3. The molecule has 0 bridgehead atoms. The fourth-order valence-corrected chi connectivity index (χ4v) is 2.70. The van der Waals surface area contributed by atoms with Crippen LogP contribution in [0.3, 0.4) is 0 Å². The Kier molecular flexibility index (Phi) is 4.00. The van der Waals surface area contributed by atoms with Gasteiger partial charge in [0, 0.05) is 13.1 Å². The number of nitrogen functional groups attached to an aromatic ring is 1. The molecule has 2 aliphatic rings. The van der Waals surface area contributed by atoms with Gasteiger partial charge in [0.05, 0.1) is 5.69 Å². The third-order valence-electron chi connectivity index (χ3n) is 3.95. The molecule has 1 aliphatic carbocycles. The number of aromatic nitrogens is 1. The largest absolute Gasteiger partial charge is 0.396 e. The van der Waals surface area contributed by atoms with Crippen LogP contribution >= 0.6 is 11.6 Å². The molecule has 1 aromatic heterocycles. The van der Waals surface area contributed by atoms with E-state index in [1.807, 2.05) is 19.9 Å². The highest BCUT2D eigenvalue weighted by Gasteiger charge is 2.44. The summed E-state index contributed by atoms with van der Waals surface area (Å²) in [7, 11) is 0. The number of rotatable bonds is 1. The molecular formula is C14H22ClN3. The third-order valence-corrected chi connectivity index (χ3v) is 4.16. The molecule has 1 saturated heterocycles. The quantitative estimate of drug-likeness (QED) is 0.789. The molecule has 0 amide bonds. The van der Waals surface area contributed by atoms with Crippen LogP contribution in [0.2, 0.25) is 5.15 Å². The van der Waals surface area contributed by atoms with Crippen molar-refractivity contribution >= 4 is 23.1 Å². The van der Waals surface area contributed by atoms with Crippen molar-refractivity contribution in [1.29, 1.82) is 0 Å². The lowest BCUT2D eigenvalue weighted by atomic mass is 9.94. The van der Waals surface area contributed by atoms with Gasteiger partial charge in [0.25, 0.3) is 0 Å². The SMILES string of the molecule is CC.Nc1ccc(Cl)nc1N1CCC2(CC1)CC2. The van der Waals surface area contributed by atoms with Crippen LogP contribution in [0.1, 0.15) is 39.5 Å². The Morgan fingerprint density at radius 3 is 2.33 bits per heavy atom. The molecular weight excluding hydrogens is 246 g/mol. The summed E-state index contributed by atoms with van der Waals surface area (Å²) in [6.07, 6.45) is 5.39. The van der Waals surface area contributed by atoms with E-state index in [-0.39, 0.29) is 0 Å². The molecule has 4 heteroatoms. The second kappa shape index (κ2) is 5.35. The third kappa shape index (κ3) is 2.72. The fraction of sp³-hybridized carbons (Fsp3) is 0.643. The Morgan fingerprint density at radius 1 is 1.17 bits per heavy atom. The lowest BCUT2D eigenvalue weighted by molar-refractivity contribution is 0.383. The van der Waals surface area contributed by atoms with Crippen molar-refractivity contribution < 1.29 is 0 Å².